The van der Waals surface area contributed by atoms with Crippen molar-refractivity contribution in [3.8, 4) is 11.3 Å². The van der Waals surface area contributed by atoms with Crippen LogP contribution in [-0.2, 0) is 5.60 Å². The third kappa shape index (κ3) is 2.70. The maximum absolute atomic E-state index is 13.2. The highest BCUT2D eigenvalue weighted by molar-refractivity contribution is 5.77. The summed E-state index contributed by atoms with van der Waals surface area (Å²) >= 11 is 0. The van der Waals surface area contributed by atoms with Crippen molar-refractivity contribution in [2.24, 2.45) is 0 Å². The average molecular weight is 364 g/mol. The maximum Gasteiger partial charge on any atom is 0.421 e. The second-order valence-electron chi connectivity index (χ2n) is 6.11. The molecule has 0 saturated carbocycles. The van der Waals surface area contributed by atoms with Crippen LogP contribution in [-0.4, -0.2) is 31.9 Å². The molecule has 1 unspecified atom stereocenters. The van der Waals surface area contributed by atoms with Crippen molar-refractivity contribution in [1.82, 2.24) is 14.4 Å². The van der Waals surface area contributed by atoms with Gasteiger partial charge in [-0.25, -0.2) is 9.97 Å². The topological polar surface area (TPSA) is 93.5 Å². The Hall–Kier alpha value is -2.94. The number of anilines is 1. The van der Waals surface area contributed by atoms with Gasteiger partial charge in [-0.15, -0.1) is 0 Å². The normalized spacial score (nSPS) is 14.4. The van der Waals surface area contributed by atoms with E-state index in [1.807, 2.05) is 0 Å². The van der Waals surface area contributed by atoms with Crippen molar-refractivity contribution in [2.45, 2.75) is 25.6 Å². The Bertz CT molecular complexity index is 1010. The van der Waals surface area contributed by atoms with Gasteiger partial charge >= 0.3 is 6.18 Å². The molecule has 9 heteroatoms. The second-order valence-corrected chi connectivity index (χ2v) is 6.11. The number of nitrogen functional groups attached to an aromatic ring is 1. The summed E-state index contributed by atoms with van der Waals surface area (Å²) in [6, 6.07) is 3.96. The summed E-state index contributed by atoms with van der Waals surface area (Å²) in [5.74, 6) is 0.0249. The Balaban J connectivity index is 2.25. The van der Waals surface area contributed by atoms with Crippen molar-refractivity contribution in [1.29, 1.82) is 0 Å². The molecule has 0 spiro atoms. The number of aldehydes is 1. The fourth-order valence-electron chi connectivity index (χ4n) is 2.65. The summed E-state index contributed by atoms with van der Waals surface area (Å²) < 4.78 is 41.0. The van der Waals surface area contributed by atoms with E-state index in [2.05, 4.69) is 9.97 Å². The van der Waals surface area contributed by atoms with E-state index in [1.54, 1.807) is 6.92 Å². The Morgan fingerprint density at radius 2 is 2.00 bits per heavy atom. The minimum absolute atomic E-state index is 0.0249. The van der Waals surface area contributed by atoms with E-state index in [-0.39, 0.29) is 22.7 Å². The molecule has 3 N–H and O–H groups in total. The van der Waals surface area contributed by atoms with Gasteiger partial charge in [0.25, 0.3) is 0 Å². The molecule has 2 aromatic heterocycles. The summed E-state index contributed by atoms with van der Waals surface area (Å²) in [5, 5.41) is 9.95. The highest BCUT2D eigenvalue weighted by Gasteiger charge is 2.51. The van der Waals surface area contributed by atoms with E-state index in [0.29, 0.717) is 30.0 Å². The van der Waals surface area contributed by atoms with Gasteiger partial charge in [0.1, 0.15) is 5.69 Å². The number of hydrogen-bond donors (Lipinski definition) is 2. The molecular weight excluding hydrogens is 349 g/mol. The number of carbonyl (C=O) groups excluding carboxylic acids is 1. The molecule has 3 rings (SSSR count). The third-order valence-electron chi connectivity index (χ3n) is 4.29. The highest BCUT2D eigenvalue weighted by atomic mass is 19.4. The molecule has 1 aromatic carbocycles. The molecule has 0 aliphatic carbocycles. The molecule has 136 valence electrons. The molecule has 0 fully saturated rings. The molecule has 0 radical (unpaired) electrons. The first kappa shape index (κ1) is 17.9. The van der Waals surface area contributed by atoms with E-state index in [1.165, 1.54) is 35.0 Å². The molecule has 6 nitrogen and oxygen atoms in total. The summed E-state index contributed by atoms with van der Waals surface area (Å²) in [5.41, 5.74) is 4.30. The lowest BCUT2D eigenvalue weighted by Gasteiger charge is -2.27. The number of fused-ring (bicyclic) bond motifs is 1. The van der Waals surface area contributed by atoms with Gasteiger partial charge in [-0.3, -0.25) is 9.20 Å². The molecular formula is C17H15F3N4O2. The van der Waals surface area contributed by atoms with Crippen LogP contribution in [0, 0.1) is 6.92 Å². The summed E-state index contributed by atoms with van der Waals surface area (Å²) in [6.45, 7) is 2.41. The van der Waals surface area contributed by atoms with Gasteiger partial charge in [-0.05, 0) is 31.0 Å². The molecule has 1 atom stereocenters. The lowest BCUT2D eigenvalue weighted by molar-refractivity contribution is -0.258. The van der Waals surface area contributed by atoms with E-state index >= 15 is 0 Å². The number of aliphatic hydroxyl groups is 1. The van der Waals surface area contributed by atoms with Crippen LogP contribution in [0.25, 0.3) is 16.9 Å². The van der Waals surface area contributed by atoms with E-state index in [4.69, 9.17) is 5.73 Å². The molecule has 0 bridgehead atoms. The van der Waals surface area contributed by atoms with Crippen LogP contribution < -0.4 is 5.73 Å². The zero-order valence-electron chi connectivity index (χ0n) is 13.9. The van der Waals surface area contributed by atoms with Gasteiger partial charge in [0, 0.05) is 11.8 Å². The molecule has 0 aliphatic heterocycles. The third-order valence-corrected chi connectivity index (χ3v) is 4.29. The smallest absolute Gasteiger partial charge is 0.381 e. The zero-order chi connectivity index (χ0) is 19.3. The monoisotopic (exact) mass is 364 g/mol. The minimum Gasteiger partial charge on any atom is -0.381 e. The molecule has 0 saturated heterocycles. The Morgan fingerprint density at radius 3 is 2.62 bits per heavy atom. The van der Waals surface area contributed by atoms with Gasteiger partial charge in [0.15, 0.2) is 23.4 Å². The summed E-state index contributed by atoms with van der Waals surface area (Å²) in [6.07, 6.45) is -1.50. The Morgan fingerprint density at radius 1 is 1.31 bits per heavy atom. The first-order chi connectivity index (χ1) is 12.1. The number of alkyl halides is 3. The predicted octanol–water partition coefficient (Wildman–Crippen LogP) is 2.87. The van der Waals surface area contributed by atoms with Crippen molar-refractivity contribution in [3.63, 3.8) is 0 Å². The standard InChI is InChI=1S/C17H15F3N4O2/c1-9-3-4-10(16(2,26)17(18,19)20)5-12(9)13-6-22-15-14(21)23-11(8-25)7-24(13)15/h3-8,26H,1-2H3,(H2,21,23). The highest BCUT2D eigenvalue weighted by Crippen LogP contribution is 2.40. The fraction of sp³-hybridized carbons (Fsp3) is 0.235. The molecule has 26 heavy (non-hydrogen) atoms. The zero-order valence-corrected chi connectivity index (χ0v) is 13.9. The number of imidazole rings is 1. The number of benzene rings is 1. The van der Waals surface area contributed by atoms with E-state index in [9.17, 15) is 23.1 Å². The number of halogens is 3. The number of aromatic nitrogens is 3. The largest absolute Gasteiger partial charge is 0.421 e. The fourth-order valence-corrected chi connectivity index (χ4v) is 2.65. The van der Waals surface area contributed by atoms with Crippen LogP contribution in [0.2, 0.25) is 0 Å². The van der Waals surface area contributed by atoms with Crippen molar-refractivity contribution >= 4 is 17.8 Å². The Kier molecular flexibility index (Phi) is 3.99. The van der Waals surface area contributed by atoms with E-state index in [0.717, 1.165) is 0 Å². The van der Waals surface area contributed by atoms with Gasteiger partial charge < -0.3 is 10.8 Å². The molecule has 0 amide bonds. The number of hydrogen-bond acceptors (Lipinski definition) is 5. The van der Waals surface area contributed by atoms with Crippen LogP contribution >= 0.6 is 0 Å². The summed E-state index contributed by atoms with van der Waals surface area (Å²) in [7, 11) is 0. The van der Waals surface area contributed by atoms with Crippen LogP contribution in [0.5, 0.6) is 0 Å². The van der Waals surface area contributed by atoms with Crippen molar-refractivity contribution in [3.05, 3.63) is 47.4 Å². The lowest BCUT2D eigenvalue weighted by Crippen LogP contribution is -2.39. The van der Waals surface area contributed by atoms with Crippen LogP contribution in [0.15, 0.2) is 30.6 Å². The molecule has 2 heterocycles. The van der Waals surface area contributed by atoms with Crippen molar-refractivity contribution in [2.75, 3.05) is 5.73 Å². The Labute approximate surface area is 146 Å². The summed E-state index contributed by atoms with van der Waals surface area (Å²) in [4.78, 5) is 19.0. The first-order valence-corrected chi connectivity index (χ1v) is 7.55. The number of nitrogens with two attached hydrogens (primary N) is 1. The lowest BCUT2D eigenvalue weighted by atomic mass is 9.91. The number of aryl methyl sites for hydroxylation is 1. The van der Waals surface area contributed by atoms with Crippen molar-refractivity contribution < 1.29 is 23.1 Å². The SMILES string of the molecule is Cc1ccc(C(C)(O)C(F)(F)F)cc1-c1cnc2c(N)nc(C=O)cn12. The minimum atomic E-state index is -4.84. The van der Waals surface area contributed by atoms with Gasteiger partial charge in [0.05, 0.1) is 11.9 Å². The van der Waals surface area contributed by atoms with Crippen LogP contribution in [0.4, 0.5) is 19.0 Å². The van der Waals surface area contributed by atoms with Gasteiger partial charge in [0.2, 0.25) is 0 Å². The van der Waals surface area contributed by atoms with E-state index < -0.39 is 11.8 Å². The average Bonchev–Trinajstić information content (AvgIpc) is 2.98. The first-order valence-electron chi connectivity index (χ1n) is 7.55. The van der Waals surface area contributed by atoms with Gasteiger partial charge in [-0.2, -0.15) is 13.2 Å². The predicted molar refractivity (Wildman–Crippen MR) is 88.6 cm³/mol. The number of nitrogens with zero attached hydrogens (tertiary/aromatic N) is 3. The number of rotatable bonds is 3. The second kappa shape index (κ2) is 5.80. The quantitative estimate of drug-likeness (QED) is 0.697. The molecule has 0 aliphatic rings. The van der Waals surface area contributed by atoms with Crippen LogP contribution in [0.1, 0.15) is 28.5 Å². The molecule has 3 aromatic rings. The van der Waals surface area contributed by atoms with Gasteiger partial charge in [-0.1, -0.05) is 12.1 Å². The van der Waals surface area contributed by atoms with Crippen LogP contribution in [0.3, 0.4) is 0 Å². The number of carbonyl (C=O) groups is 1. The maximum atomic E-state index is 13.2.